The Morgan fingerprint density at radius 2 is 2.26 bits per heavy atom. The van der Waals surface area contributed by atoms with Gasteiger partial charge in [0.15, 0.2) is 0 Å². The highest BCUT2D eigenvalue weighted by molar-refractivity contribution is 7.89. The van der Waals surface area contributed by atoms with Crippen molar-refractivity contribution in [3.63, 3.8) is 0 Å². The van der Waals surface area contributed by atoms with Crippen LogP contribution in [0.3, 0.4) is 0 Å². The third kappa shape index (κ3) is 2.55. The van der Waals surface area contributed by atoms with Gasteiger partial charge in [-0.1, -0.05) is 12.1 Å². The average Bonchev–Trinajstić information content (AvgIpc) is 2.63. The quantitative estimate of drug-likeness (QED) is 0.880. The molecule has 2 aliphatic rings. The van der Waals surface area contributed by atoms with Gasteiger partial charge in [-0.3, -0.25) is 0 Å². The maximum atomic E-state index is 12.5. The molecular formula is C14H20N2O2S. The van der Waals surface area contributed by atoms with Crippen LogP contribution in [0.5, 0.6) is 0 Å². The van der Waals surface area contributed by atoms with Gasteiger partial charge in [0.05, 0.1) is 4.90 Å². The van der Waals surface area contributed by atoms with Crippen LogP contribution in [0.4, 0.5) is 0 Å². The van der Waals surface area contributed by atoms with Crippen LogP contribution in [0.1, 0.15) is 24.8 Å². The molecule has 2 atom stereocenters. The molecule has 1 aliphatic carbocycles. The minimum Gasteiger partial charge on any atom is -0.315 e. The summed E-state index contributed by atoms with van der Waals surface area (Å²) in [6.07, 6.45) is 3.02. The van der Waals surface area contributed by atoms with Crippen molar-refractivity contribution in [2.75, 3.05) is 13.1 Å². The zero-order chi connectivity index (χ0) is 13.5. The molecular weight excluding hydrogens is 260 g/mol. The summed E-state index contributed by atoms with van der Waals surface area (Å²) >= 11 is 0. The van der Waals surface area contributed by atoms with Crippen molar-refractivity contribution >= 4 is 10.0 Å². The molecule has 0 amide bonds. The van der Waals surface area contributed by atoms with E-state index in [-0.39, 0.29) is 5.54 Å². The predicted octanol–water partition coefficient (Wildman–Crippen LogP) is 1.42. The Morgan fingerprint density at radius 1 is 1.42 bits per heavy atom. The lowest BCUT2D eigenvalue weighted by atomic mass is 9.94. The molecule has 2 fully saturated rings. The van der Waals surface area contributed by atoms with Crippen LogP contribution in [0.25, 0.3) is 0 Å². The maximum Gasteiger partial charge on any atom is 0.241 e. The second-order valence-corrected chi connectivity index (χ2v) is 7.62. The highest BCUT2D eigenvalue weighted by atomic mass is 32.2. The molecule has 1 saturated heterocycles. The Balaban J connectivity index is 1.86. The van der Waals surface area contributed by atoms with Crippen LogP contribution in [0.2, 0.25) is 0 Å². The van der Waals surface area contributed by atoms with Crippen LogP contribution < -0.4 is 10.0 Å². The van der Waals surface area contributed by atoms with Gasteiger partial charge >= 0.3 is 0 Å². The number of sulfonamides is 1. The van der Waals surface area contributed by atoms with Gasteiger partial charge in [0, 0.05) is 12.1 Å². The van der Waals surface area contributed by atoms with Crippen LogP contribution in [0, 0.1) is 12.8 Å². The molecule has 3 rings (SSSR count). The molecule has 4 nitrogen and oxygen atoms in total. The van der Waals surface area contributed by atoms with E-state index in [1.54, 1.807) is 18.2 Å². The van der Waals surface area contributed by atoms with Gasteiger partial charge in [0.2, 0.25) is 10.0 Å². The number of benzene rings is 1. The highest BCUT2D eigenvalue weighted by Crippen LogP contribution is 2.37. The Bertz CT molecular complexity index is 581. The lowest BCUT2D eigenvalue weighted by Crippen LogP contribution is -2.55. The number of piperidine rings is 1. The molecule has 5 heteroatoms. The fourth-order valence-corrected chi connectivity index (χ4v) is 4.89. The summed E-state index contributed by atoms with van der Waals surface area (Å²) in [6.45, 7) is 3.67. The van der Waals surface area contributed by atoms with Crippen molar-refractivity contribution in [2.45, 2.75) is 36.6 Å². The zero-order valence-corrected chi connectivity index (χ0v) is 12.0. The van der Waals surface area contributed by atoms with E-state index in [1.165, 1.54) is 0 Å². The summed E-state index contributed by atoms with van der Waals surface area (Å²) in [5, 5.41) is 3.35. The zero-order valence-electron chi connectivity index (χ0n) is 11.1. The molecule has 1 aliphatic heterocycles. The van der Waals surface area contributed by atoms with Gasteiger partial charge in [-0.2, -0.15) is 0 Å². The monoisotopic (exact) mass is 280 g/mol. The summed E-state index contributed by atoms with van der Waals surface area (Å²) in [5.41, 5.74) is 0.692. The van der Waals surface area contributed by atoms with Gasteiger partial charge < -0.3 is 5.32 Å². The van der Waals surface area contributed by atoms with Gasteiger partial charge in [-0.15, -0.1) is 0 Å². The lowest BCUT2D eigenvalue weighted by Gasteiger charge is -2.34. The number of hydrogen-bond acceptors (Lipinski definition) is 3. The second kappa shape index (κ2) is 4.58. The first-order valence-corrected chi connectivity index (χ1v) is 8.29. The Morgan fingerprint density at radius 3 is 3.05 bits per heavy atom. The molecule has 1 aromatic carbocycles. The first-order chi connectivity index (χ1) is 8.99. The van der Waals surface area contributed by atoms with E-state index in [0.717, 1.165) is 37.9 Å². The minimum absolute atomic E-state index is 0.272. The third-order valence-corrected chi connectivity index (χ3v) is 5.83. The number of nitrogens with one attached hydrogen (secondary N) is 2. The molecule has 19 heavy (non-hydrogen) atoms. The van der Waals surface area contributed by atoms with Gasteiger partial charge in [0.25, 0.3) is 0 Å². The molecule has 2 bridgehead atoms. The van der Waals surface area contributed by atoms with Crippen molar-refractivity contribution < 1.29 is 8.42 Å². The van der Waals surface area contributed by atoms with Crippen LogP contribution in [-0.2, 0) is 10.0 Å². The fraction of sp³-hybridized carbons (Fsp3) is 0.571. The topological polar surface area (TPSA) is 58.2 Å². The molecule has 1 saturated carbocycles. The van der Waals surface area contributed by atoms with Crippen molar-refractivity contribution in [1.29, 1.82) is 0 Å². The van der Waals surface area contributed by atoms with E-state index in [2.05, 4.69) is 10.0 Å². The molecule has 1 heterocycles. The molecule has 104 valence electrons. The molecule has 0 radical (unpaired) electrons. The summed E-state index contributed by atoms with van der Waals surface area (Å²) < 4.78 is 27.9. The first-order valence-electron chi connectivity index (χ1n) is 6.81. The Kier molecular flexibility index (Phi) is 3.15. The van der Waals surface area contributed by atoms with Crippen molar-refractivity contribution in [3.05, 3.63) is 29.8 Å². The number of fused-ring (bicyclic) bond motifs is 2. The van der Waals surface area contributed by atoms with Gasteiger partial charge in [0.1, 0.15) is 0 Å². The van der Waals surface area contributed by atoms with E-state index in [0.29, 0.717) is 10.8 Å². The number of aryl methyl sites for hydroxylation is 1. The number of rotatable bonds is 3. The highest BCUT2D eigenvalue weighted by Gasteiger charge is 2.44. The lowest BCUT2D eigenvalue weighted by molar-refractivity contribution is 0.303. The summed E-state index contributed by atoms with van der Waals surface area (Å²) in [5.74, 6) is 0.619. The van der Waals surface area contributed by atoms with Crippen molar-refractivity contribution in [3.8, 4) is 0 Å². The Labute approximate surface area is 114 Å². The van der Waals surface area contributed by atoms with Crippen LogP contribution in [-0.4, -0.2) is 27.0 Å². The van der Waals surface area contributed by atoms with Crippen molar-refractivity contribution in [1.82, 2.24) is 10.0 Å². The normalized spacial score (nSPS) is 30.5. The van der Waals surface area contributed by atoms with Gasteiger partial charge in [-0.25, -0.2) is 13.1 Å². The van der Waals surface area contributed by atoms with E-state index >= 15 is 0 Å². The maximum absolute atomic E-state index is 12.5. The van der Waals surface area contributed by atoms with Crippen molar-refractivity contribution in [2.24, 2.45) is 5.92 Å². The molecule has 1 aromatic rings. The molecule has 2 N–H and O–H groups in total. The number of hydrogen-bond donors (Lipinski definition) is 2. The van der Waals surface area contributed by atoms with E-state index in [4.69, 9.17) is 0 Å². The predicted molar refractivity (Wildman–Crippen MR) is 74.4 cm³/mol. The summed E-state index contributed by atoms with van der Waals surface area (Å²) in [6, 6.07) is 7.08. The van der Waals surface area contributed by atoms with E-state index < -0.39 is 10.0 Å². The standard InChI is InChI=1S/C14H20N2O2S/c1-11-3-2-4-13(7-11)19(17,18)16-14-6-5-12(8-14)9-15-10-14/h2-4,7,12,15-16H,5-6,8-10H2,1H3. The second-order valence-electron chi connectivity index (χ2n) is 5.94. The van der Waals surface area contributed by atoms with Crippen LogP contribution in [0.15, 0.2) is 29.2 Å². The van der Waals surface area contributed by atoms with Gasteiger partial charge in [-0.05, 0) is 56.3 Å². The SMILES string of the molecule is Cc1cccc(S(=O)(=O)NC23CCC(CNC2)C3)c1. The first kappa shape index (κ1) is 13.1. The third-order valence-electron chi connectivity index (χ3n) is 4.26. The van der Waals surface area contributed by atoms with Crippen LogP contribution >= 0.6 is 0 Å². The van der Waals surface area contributed by atoms with E-state index in [9.17, 15) is 8.42 Å². The molecule has 2 unspecified atom stereocenters. The minimum atomic E-state index is -3.42. The van der Waals surface area contributed by atoms with E-state index in [1.807, 2.05) is 13.0 Å². The summed E-state index contributed by atoms with van der Waals surface area (Å²) in [4.78, 5) is 0.371. The smallest absolute Gasteiger partial charge is 0.241 e. The summed E-state index contributed by atoms with van der Waals surface area (Å²) in [7, 11) is -3.42. The molecule has 0 spiro atoms. The average molecular weight is 280 g/mol. The largest absolute Gasteiger partial charge is 0.315 e. The Hall–Kier alpha value is -0.910. The molecule has 0 aromatic heterocycles. The fourth-order valence-electron chi connectivity index (χ4n) is 3.34.